The molecule has 0 spiro atoms. The number of hydrogen-bond acceptors (Lipinski definition) is 2. The molecule has 0 saturated carbocycles. The van der Waals surface area contributed by atoms with Gasteiger partial charge in [-0.2, -0.15) is 0 Å². The highest BCUT2D eigenvalue weighted by Crippen LogP contribution is 2.22. The minimum absolute atomic E-state index is 0.0971. The fraction of sp³-hybridized carbons (Fsp3) is 0.381. The lowest BCUT2D eigenvalue weighted by molar-refractivity contribution is -0.144. The van der Waals surface area contributed by atoms with E-state index in [1.807, 2.05) is 6.92 Å². The molecular weight excluding hydrogens is 284 g/mol. The number of carbonyl (C=O) groups excluding carboxylic acids is 1. The van der Waals surface area contributed by atoms with E-state index in [2.05, 4.69) is 42.5 Å². The van der Waals surface area contributed by atoms with E-state index in [-0.39, 0.29) is 11.9 Å². The summed E-state index contributed by atoms with van der Waals surface area (Å²) in [5.41, 5.74) is 6.78. The quantitative estimate of drug-likeness (QED) is 0.803. The Balaban J connectivity index is 1.88. The Hall–Kier alpha value is -2.09. The molecule has 0 N–H and O–H groups in total. The van der Waals surface area contributed by atoms with E-state index in [1.54, 1.807) is 0 Å². The number of ether oxygens (including phenoxy) is 1. The van der Waals surface area contributed by atoms with Gasteiger partial charge < -0.3 is 4.74 Å². The maximum Gasteiger partial charge on any atom is 0.308 e. The molecule has 23 heavy (non-hydrogen) atoms. The van der Waals surface area contributed by atoms with E-state index in [1.165, 1.54) is 34.9 Å². The van der Waals surface area contributed by atoms with E-state index >= 15 is 0 Å². The van der Waals surface area contributed by atoms with Gasteiger partial charge in [0.15, 0.2) is 0 Å². The van der Waals surface area contributed by atoms with Crippen molar-refractivity contribution >= 4 is 5.97 Å². The number of carbonyl (C=O) groups is 1. The maximum atomic E-state index is 11.8. The van der Waals surface area contributed by atoms with Crippen LogP contribution in [0.2, 0.25) is 0 Å². The van der Waals surface area contributed by atoms with Gasteiger partial charge in [-0.3, -0.25) is 4.79 Å². The van der Waals surface area contributed by atoms with Crippen LogP contribution >= 0.6 is 0 Å². The van der Waals surface area contributed by atoms with Crippen LogP contribution in [0, 0.1) is 5.92 Å². The summed E-state index contributed by atoms with van der Waals surface area (Å²) in [7, 11) is 1.46. The molecule has 0 aromatic heterocycles. The van der Waals surface area contributed by atoms with Crippen LogP contribution in [0.3, 0.4) is 0 Å². The zero-order valence-electron chi connectivity index (χ0n) is 14.0. The van der Waals surface area contributed by atoms with Crippen LogP contribution in [-0.4, -0.2) is 13.1 Å². The summed E-state index contributed by atoms with van der Waals surface area (Å²) in [6.07, 6.45) is 4.92. The van der Waals surface area contributed by atoms with Crippen molar-refractivity contribution < 1.29 is 9.53 Å². The smallest absolute Gasteiger partial charge is 0.308 e. The molecular formula is C21H24O2. The van der Waals surface area contributed by atoms with Gasteiger partial charge in [-0.05, 0) is 59.9 Å². The van der Waals surface area contributed by atoms with Gasteiger partial charge in [0.25, 0.3) is 0 Å². The van der Waals surface area contributed by atoms with Crippen molar-refractivity contribution in [1.29, 1.82) is 0 Å². The third kappa shape index (κ3) is 3.82. The van der Waals surface area contributed by atoms with Crippen LogP contribution in [0.15, 0.2) is 42.5 Å². The predicted octanol–water partition coefficient (Wildman–Crippen LogP) is 3.92. The van der Waals surface area contributed by atoms with Gasteiger partial charge in [0, 0.05) is 0 Å². The lowest BCUT2D eigenvalue weighted by Gasteiger charge is -2.16. The summed E-state index contributed by atoms with van der Waals surface area (Å²) in [6.45, 7) is 1.95. The van der Waals surface area contributed by atoms with Crippen molar-refractivity contribution in [3.8, 4) is 0 Å². The van der Waals surface area contributed by atoms with Crippen LogP contribution < -0.4 is 0 Å². The Bertz CT molecular complexity index is 685. The van der Waals surface area contributed by atoms with E-state index in [0.717, 1.165) is 32.1 Å². The standard InChI is InChI=1S/C21H24O2/c1-15(21(22)23-2)13-20-14-18-8-7-16-3-5-17(6-4-16)9-11-19(20)12-10-18/h3-6,10,12,14-15H,7-9,11,13H2,1-2H3. The van der Waals surface area contributed by atoms with Gasteiger partial charge in [-0.1, -0.05) is 49.4 Å². The topological polar surface area (TPSA) is 26.3 Å². The second-order valence-corrected chi connectivity index (χ2v) is 6.55. The first-order chi connectivity index (χ1) is 11.2. The number of benzene rings is 2. The first-order valence-corrected chi connectivity index (χ1v) is 8.42. The summed E-state index contributed by atoms with van der Waals surface area (Å²) < 4.78 is 4.89. The number of esters is 1. The summed E-state index contributed by atoms with van der Waals surface area (Å²) in [6, 6.07) is 15.8. The van der Waals surface area contributed by atoms with Crippen molar-refractivity contribution in [3.63, 3.8) is 0 Å². The van der Waals surface area contributed by atoms with Crippen LogP contribution in [0.5, 0.6) is 0 Å². The van der Waals surface area contributed by atoms with Crippen LogP contribution in [0.25, 0.3) is 0 Å². The number of hydrogen-bond donors (Lipinski definition) is 0. The summed E-state index contributed by atoms with van der Waals surface area (Å²) >= 11 is 0. The molecule has 2 aromatic rings. The second-order valence-electron chi connectivity index (χ2n) is 6.55. The zero-order valence-corrected chi connectivity index (χ0v) is 14.0. The third-order valence-electron chi connectivity index (χ3n) is 4.81. The fourth-order valence-electron chi connectivity index (χ4n) is 3.32. The molecule has 120 valence electrons. The SMILES string of the molecule is COC(=O)C(C)Cc1cc2ccc1CCc1ccc(cc1)CC2. The molecule has 0 amide bonds. The Labute approximate surface area is 138 Å². The van der Waals surface area contributed by atoms with Crippen molar-refractivity contribution in [2.75, 3.05) is 7.11 Å². The number of methoxy groups -OCH3 is 1. The van der Waals surface area contributed by atoms with Crippen molar-refractivity contribution in [2.24, 2.45) is 5.92 Å². The largest absolute Gasteiger partial charge is 0.469 e. The molecule has 0 aliphatic heterocycles. The highest BCUT2D eigenvalue weighted by Gasteiger charge is 2.16. The summed E-state index contributed by atoms with van der Waals surface area (Å²) in [5, 5.41) is 0. The van der Waals surface area contributed by atoms with Crippen LogP contribution in [-0.2, 0) is 41.6 Å². The molecule has 6 rings (SSSR count). The third-order valence-corrected chi connectivity index (χ3v) is 4.81. The molecule has 2 aromatic carbocycles. The average Bonchev–Trinajstić information content (AvgIpc) is 2.57. The Morgan fingerprint density at radius 3 is 2.17 bits per heavy atom. The number of rotatable bonds is 3. The van der Waals surface area contributed by atoms with Crippen molar-refractivity contribution in [3.05, 3.63) is 70.3 Å². The molecule has 1 unspecified atom stereocenters. The van der Waals surface area contributed by atoms with E-state index in [4.69, 9.17) is 4.74 Å². The molecule has 4 aliphatic rings. The minimum Gasteiger partial charge on any atom is -0.469 e. The van der Waals surface area contributed by atoms with Crippen LogP contribution in [0.4, 0.5) is 0 Å². The molecule has 0 heterocycles. The van der Waals surface area contributed by atoms with E-state index < -0.39 is 0 Å². The Morgan fingerprint density at radius 2 is 1.52 bits per heavy atom. The fourth-order valence-corrected chi connectivity index (χ4v) is 3.32. The lowest BCUT2D eigenvalue weighted by atomic mass is 9.89. The van der Waals surface area contributed by atoms with Gasteiger partial charge in [0.2, 0.25) is 0 Å². The first-order valence-electron chi connectivity index (χ1n) is 8.42. The normalized spacial score (nSPS) is 14.9. The second kappa shape index (κ2) is 6.99. The Kier molecular flexibility index (Phi) is 4.80. The van der Waals surface area contributed by atoms with E-state index in [0.29, 0.717) is 0 Å². The highest BCUT2D eigenvalue weighted by atomic mass is 16.5. The van der Waals surface area contributed by atoms with Gasteiger partial charge in [0.1, 0.15) is 0 Å². The molecule has 2 heteroatoms. The zero-order chi connectivity index (χ0) is 16.2. The van der Waals surface area contributed by atoms with Gasteiger partial charge in [0.05, 0.1) is 13.0 Å². The summed E-state index contributed by atoms with van der Waals surface area (Å²) in [5.74, 6) is -0.225. The van der Waals surface area contributed by atoms with Crippen molar-refractivity contribution in [1.82, 2.24) is 0 Å². The molecule has 0 fully saturated rings. The van der Waals surface area contributed by atoms with Gasteiger partial charge >= 0.3 is 5.97 Å². The number of aryl methyl sites for hydroxylation is 4. The monoisotopic (exact) mass is 308 g/mol. The van der Waals surface area contributed by atoms with Gasteiger partial charge in [-0.25, -0.2) is 0 Å². The highest BCUT2D eigenvalue weighted by molar-refractivity contribution is 5.72. The Morgan fingerprint density at radius 1 is 0.957 bits per heavy atom. The van der Waals surface area contributed by atoms with E-state index in [9.17, 15) is 4.79 Å². The molecule has 2 nitrogen and oxygen atoms in total. The predicted molar refractivity (Wildman–Crippen MR) is 92.6 cm³/mol. The first kappa shape index (κ1) is 15.8. The average molecular weight is 308 g/mol. The van der Waals surface area contributed by atoms with Crippen LogP contribution in [0.1, 0.15) is 34.7 Å². The molecule has 1 atom stereocenters. The molecule has 0 radical (unpaired) electrons. The lowest BCUT2D eigenvalue weighted by Crippen LogP contribution is -2.16. The van der Waals surface area contributed by atoms with Gasteiger partial charge in [-0.15, -0.1) is 0 Å². The molecule has 4 aliphatic carbocycles. The maximum absolute atomic E-state index is 11.8. The molecule has 4 bridgehead atoms. The summed E-state index contributed by atoms with van der Waals surface area (Å²) in [4.78, 5) is 11.8. The van der Waals surface area contributed by atoms with Crippen molar-refractivity contribution in [2.45, 2.75) is 39.0 Å². The minimum atomic E-state index is -0.127. The molecule has 0 saturated heterocycles.